The van der Waals surface area contributed by atoms with Gasteiger partial charge in [-0.05, 0) is 44.3 Å². The molecule has 0 unspecified atom stereocenters. The second-order valence-corrected chi connectivity index (χ2v) is 5.56. The van der Waals surface area contributed by atoms with Crippen molar-refractivity contribution < 1.29 is 9.41 Å². The van der Waals surface area contributed by atoms with Crippen molar-refractivity contribution in [1.82, 2.24) is 9.88 Å². The van der Waals surface area contributed by atoms with Crippen LogP contribution in [0.5, 0.6) is 0 Å². The zero-order valence-electron chi connectivity index (χ0n) is 11.6. The van der Waals surface area contributed by atoms with Crippen LogP contribution in [-0.4, -0.2) is 40.7 Å². The van der Waals surface area contributed by atoms with Crippen LogP contribution in [0.4, 0.5) is 10.2 Å². The summed E-state index contributed by atoms with van der Waals surface area (Å²) in [5.41, 5.74) is 0.119. The van der Waals surface area contributed by atoms with Crippen LogP contribution in [0.1, 0.15) is 25.3 Å². The number of hydrogen-bond donors (Lipinski definition) is 2. The van der Waals surface area contributed by atoms with E-state index in [2.05, 4.69) is 15.1 Å². The van der Waals surface area contributed by atoms with Crippen molar-refractivity contribution in [2.24, 2.45) is 0 Å². The lowest BCUT2D eigenvalue weighted by molar-refractivity contribution is 0.0705. The molecule has 104 valence electrons. The van der Waals surface area contributed by atoms with E-state index in [9.17, 15) is 9.41 Å². The first-order valence-corrected chi connectivity index (χ1v) is 6.75. The summed E-state index contributed by atoms with van der Waals surface area (Å²) >= 11 is 0. The van der Waals surface area contributed by atoms with Gasteiger partial charge >= 0.3 is 7.05 Å². The van der Waals surface area contributed by atoms with Gasteiger partial charge < -0.3 is 10.3 Å². The maximum Gasteiger partial charge on any atom is 0.408 e. The number of likely N-dealkylation sites (tertiary alicyclic amines) is 1. The molecular formula is C13H21BFN3O. The van der Waals surface area contributed by atoms with Gasteiger partial charge in [-0.3, -0.25) is 4.90 Å². The zero-order chi connectivity index (χ0) is 13.9. The highest BCUT2D eigenvalue weighted by atomic mass is 19.1. The molecule has 4 nitrogen and oxygen atoms in total. The van der Waals surface area contributed by atoms with E-state index in [1.165, 1.54) is 0 Å². The van der Waals surface area contributed by atoms with Crippen molar-refractivity contribution in [3.05, 3.63) is 23.9 Å². The quantitative estimate of drug-likeness (QED) is 0.817. The molecule has 0 spiro atoms. The summed E-state index contributed by atoms with van der Waals surface area (Å²) in [6.45, 7) is 5.71. The highest BCUT2D eigenvalue weighted by Crippen LogP contribution is 2.26. The molecule has 6 heteroatoms. The van der Waals surface area contributed by atoms with Crippen molar-refractivity contribution in [1.29, 1.82) is 0 Å². The van der Waals surface area contributed by atoms with E-state index in [0.29, 0.717) is 18.7 Å². The molecular weight excluding hydrogens is 244 g/mol. The summed E-state index contributed by atoms with van der Waals surface area (Å²) in [4.78, 5) is 6.40. The van der Waals surface area contributed by atoms with E-state index >= 15 is 0 Å². The fourth-order valence-electron chi connectivity index (χ4n) is 2.30. The molecule has 0 bridgehead atoms. The standard InChI is InChI=1S/C13H21BFN3O/c1-13(15)4-7-18(8-5-13)10-11-3-6-16-12(9-11)17-14(2)19/h3,6,9,19H,4-5,7-8,10H2,1-2H3,(H,16,17). The summed E-state index contributed by atoms with van der Waals surface area (Å²) in [5, 5.41) is 12.1. The molecule has 19 heavy (non-hydrogen) atoms. The molecule has 1 aromatic heterocycles. The summed E-state index contributed by atoms with van der Waals surface area (Å²) in [7, 11) is -0.620. The zero-order valence-corrected chi connectivity index (χ0v) is 11.6. The predicted octanol–water partition coefficient (Wildman–Crippen LogP) is 1.93. The van der Waals surface area contributed by atoms with Crippen LogP contribution in [0.15, 0.2) is 18.3 Å². The SMILES string of the molecule is CB(O)Nc1cc(CN2CCC(C)(F)CC2)ccn1. The topological polar surface area (TPSA) is 48.4 Å². The normalized spacial score (nSPS) is 19.2. The van der Waals surface area contributed by atoms with Gasteiger partial charge in [0.25, 0.3) is 0 Å². The Kier molecular flexibility index (Phi) is 4.42. The number of anilines is 1. The molecule has 2 N–H and O–H groups in total. The van der Waals surface area contributed by atoms with E-state index in [4.69, 9.17) is 0 Å². The minimum atomic E-state index is -1.01. The van der Waals surface area contributed by atoms with E-state index in [1.54, 1.807) is 19.9 Å². The lowest BCUT2D eigenvalue weighted by atomic mass is 9.89. The van der Waals surface area contributed by atoms with Crippen LogP contribution in [-0.2, 0) is 6.54 Å². The molecule has 0 atom stereocenters. The summed E-state index contributed by atoms with van der Waals surface area (Å²) in [6.07, 6.45) is 2.91. The van der Waals surface area contributed by atoms with Crippen LogP contribution in [0.25, 0.3) is 0 Å². The number of pyridine rings is 1. The van der Waals surface area contributed by atoms with Gasteiger partial charge in [0.1, 0.15) is 11.5 Å². The number of hydrogen-bond acceptors (Lipinski definition) is 4. The lowest BCUT2D eigenvalue weighted by Crippen LogP contribution is -2.39. The monoisotopic (exact) mass is 265 g/mol. The Balaban J connectivity index is 1.92. The summed E-state index contributed by atoms with van der Waals surface area (Å²) < 4.78 is 13.7. The maximum atomic E-state index is 13.7. The third-order valence-electron chi connectivity index (χ3n) is 3.49. The Hall–Kier alpha value is -1.14. The number of rotatable bonds is 4. The Labute approximate surface area is 114 Å². The second-order valence-electron chi connectivity index (χ2n) is 5.56. The van der Waals surface area contributed by atoms with Crippen LogP contribution < -0.4 is 5.23 Å². The Morgan fingerprint density at radius 2 is 2.21 bits per heavy atom. The molecule has 0 saturated carbocycles. The number of alkyl halides is 1. The van der Waals surface area contributed by atoms with E-state index in [-0.39, 0.29) is 0 Å². The summed E-state index contributed by atoms with van der Waals surface area (Å²) in [6, 6.07) is 3.88. The molecule has 2 heterocycles. The molecule has 1 aliphatic heterocycles. The van der Waals surface area contributed by atoms with Gasteiger partial charge in [-0.25, -0.2) is 9.37 Å². The van der Waals surface area contributed by atoms with Crippen molar-refractivity contribution in [3.8, 4) is 0 Å². The molecule has 2 rings (SSSR count). The number of nitrogens with one attached hydrogen (secondary N) is 1. The molecule has 0 aromatic carbocycles. The summed E-state index contributed by atoms with van der Waals surface area (Å²) in [5.74, 6) is 0.667. The number of piperidine rings is 1. The highest BCUT2D eigenvalue weighted by molar-refractivity contribution is 6.52. The van der Waals surface area contributed by atoms with Gasteiger partial charge in [0, 0.05) is 25.8 Å². The average Bonchev–Trinajstić information content (AvgIpc) is 2.32. The molecule has 0 radical (unpaired) electrons. The third kappa shape index (κ3) is 4.47. The number of nitrogens with zero attached hydrogens (tertiary/aromatic N) is 2. The Bertz CT molecular complexity index is 418. The van der Waals surface area contributed by atoms with Crippen LogP contribution in [0.3, 0.4) is 0 Å². The fraction of sp³-hybridized carbons (Fsp3) is 0.615. The molecule has 0 amide bonds. The van der Waals surface area contributed by atoms with Gasteiger partial charge in [-0.2, -0.15) is 0 Å². The molecule has 1 saturated heterocycles. The molecule has 1 aliphatic rings. The molecule has 1 aromatic rings. The van der Waals surface area contributed by atoms with Crippen molar-refractivity contribution in [3.63, 3.8) is 0 Å². The predicted molar refractivity (Wildman–Crippen MR) is 75.7 cm³/mol. The Morgan fingerprint density at radius 1 is 1.53 bits per heavy atom. The Morgan fingerprint density at radius 3 is 2.84 bits per heavy atom. The van der Waals surface area contributed by atoms with E-state index < -0.39 is 12.7 Å². The first-order chi connectivity index (χ1) is 8.94. The van der Waals surface area contributed by atoms with E-state index in [1.807, 2.05) is 12.1 Å². The highest BCUT2D eigenvalue weighted by Gasteiger charge is 2.29. The van der Waals surface area contributed by atoms with E-state index in [0.717, 1.165) is 25.2 Å². The average molecular weight is 265 g/mol. The van der Waals surface area contributed by atoms with Crippen LogP contribution in [0.2, 0.25) is 6.82 Å². The molecule has 0 aliphatic carbocycles. The number of aromatic nitrogens is 1. The van der Waals surface area contributed by atoms with Gasteiger partial charge in [0.15, 0.2) is 0 Å². The molecule has 1 fully saturated rings. The first-order valence-electron chi connectivity index (χ1n) is 6.75. The second kappa shape index (κ2) is 5.88. The van der Waals surface area contributed by atoms with Gasteiger partial charge in [0.05, 0.1) is 0 Å². The van der Waals surface area contributed by atoms with Crippen LogP contribution in [0, 0.1) is 0 Å². The van der Waals surface area contributed by atoms with Crippen LogP contribution >= 0.6 is 0 Å². The maximum absolute atomic E-state index is 13.7. The minimum absolute atomic E-state index is 0.594. The smallest absolute Gasteiger partial charge is 0.408 e. The third-order valence-corrected chi connectivity index (χ3v) is 3.49. The number of halogens is 1. The largest absolute Gasteiger partial charge is 0.433 e. The minimum Gasteiger partial charge on any atom is -0.433 e. The van der Waals surface area contributed by atoms with Gasteiger partial charge in [0.2, 0.25) is 0 Å². The fourth-order valence-corrected chi connectivity index (χ4v) is 2.30. The van der Waals surface area contributed by atoms with Crippen molar-refractivity contribution >= 4 is 12.9 Å². The van der Waals surface area contributed by atoms with Crippen molar-refractivity contribution in [2.75, 3.05) is 18.3 Å². The van der Waals surface area contributed by atoms with Gasteiger partial charge in [-0.15, -0.1) is 0 Å². The van der Waals surface area contributed by atoms with Crippen molar-refractivity contribution in [2.45, 2.75) is 38.8 Å². The first kappa shape index (κ1) is 14.3. The van der Waals surface area contributed by atoms with Gasteiger partial charge in [-0.1, -0.05) is 0 Å². The lowest BCUT2D eigenvalue weighted by Gasteiger charge is -2.34.